The summed E-state index contributed by atoms with van der Waals surface area (Å²) < 4.78 is 0. The summed E-state index contributed by atoms with van der Waals surface area (Å²) in [7, 11) is 0. The third kappa shape index (κ3) is 4.09. The minimum absolute atomic E-state index is 0.0696. The van der Waals surface area contributed by atoms with Crippen molar-refractivity contribution in [3.05, 3.63) is 34.9 Å². The summed E-state index contributed by atoms with van der Waals surface area (Å²) in [5, 5.41) is 0. The summed E-state index contributed by atoms with van der Waals surface area (Å²) in [6, 6.07) is 6.22. The van der Waals surface area contributed by atoms with E-state index >= 15 is 0 Å². The summed E-state index contributed by atoms with van der Waals surface area (Å²) in [5.41, 5.74) is 8.54. The van der Waals surface area contributed by atoms with Gasteiger partial charge in [0.1, 0.15) is 0 Å². The zero-order chi connectivity index (χ0) is 13.8. The van der Waals surface area contributed by atoms with Crippen LogP contribution in [0.15, 0.2) is 18.2 Å². The number of hydrazine groups is 1. The molecule has 1 aliphatic rings. The van der Waals surface area contributed by atoms with Crippen molar-refractivity contribution in [2.75, 3.05) is 0 Å². The fourth-order valence-corrected chi connectivity index (χ4v) is 2.02. The Kier molecular flexibility index (Phi) is 4.20. The van der Waals surface area contributed by atoms with Crippen molar-refractivity contribution in [2.24, 2.45) is 5.92 Å². The second-order valence-corrected chi connectivity index (χ2v) is 5.24. The average molecular weight is 260 g/mol. The molecule has 2 rings (SSSR count). The summed E-state index contributed by atoms with van der Waals surface area (Å²) in [5.74, 6) is -0.103. The molecule has 1 aromatic carbocycles. The van der Waals surface area contributed by atoms with E-state index in [2.05, 4.69) is 42.9 Å². The van der Waals surface area contributed by atoms with Crippen LogP contribution in [0.25, 0.3) is 0 Å². The fourth-order valence-electron chi connectivity index (χ4n) is 2.02. The van der Waals surface area contributed by atoms with Crippen LogP contribution >= 0.6 is 0 Å². The van der Waals surface area contributed by atoms with Crippen LogP contribution in [0.1, 0.15) is 36.0 Å². The highest BCUT2D eigenvalue weighted by atomic mass is 16.2. The Morgan fingerprint density at radius 1 is 1.21 bits per heavy atom. The van der Waals surface area contributed by atoms with E-state index in [1.165, 1.54) is 16.7 Å². The first kappa shape index (κ1) is 13.6. The Morgan fingerprint density at radius 3 is 2.58 bits per heavy atom. The molecule has 0 saturated heterocycles. The van der Waals surface area contributed by atoms with Crippen molar-refractivity contribution in [1.29, 1.82) is 0 Å². The van der Waals surface area contributed by atoms with Gasteiger partial charge in [-0.25, -0.2) is 0 Å². The van der Waals surface area contributed by atoms with Crippen LogP contribution in [0.4, 0.5) is 0 Å². The second kappa shape index (κ2) is 5.87. The lowest BCUT2D eigenvalue weighted by Gasteiger charge is -2.08. The number of benzene rings is 1. The maximum atomic E-state index is 11.6. The van der Waals surface area contributed by atoms with Gasteiger partial charge >= 0.3 is 0 Å². The van der Waals surface area contributed by atoms with Gasteiger partial charge in [0.2, 0.25) is 11.8 Å². The smallest absolute Gasteiger partial charge is 0.241 e. The average Bonchev–Trinajstić information content (AvgIpc) is 3.19. The van der Waals surface area contributed by atoms with E-state index in [0.29, 0.717) is 12.8 Å². The molecular weight excluding hydrogens is 240 g/mol. The molecule has 102 valence electrons. The molecule has 2 N–H and O–H groups in total. The van der Waals surface area contributed by atoms with E-state index in [4.69, 9.17) is 0 Å². The van der Waals surface area contributed by atoms with Gasteiger partial charge in [-0.05, 0) is 44.2 Å². The van der Waals surface area contributed by atoms with Gasteiger partial charge in [-0.3, -0.25) is 20.4 Å². The van der Waals surface area contributed by atoms with Crippen LogP contribution in [-0.4, -0.2) is 11.8 Å². The molecule has 0 radical (unpaired) electrons. The number of aryl methyl sites for hydroxylation is 3. The highest BCUT2D eigenvalue weighted by Gasteiger charge is 2.29. The molecule has 2 amide bonds. The van der Waals surface area contributed by atoms with Gasteiger partial charge < -0.3 is 0 Å². The molecule has 19 heavy (non-hydrogen) atoms. The van der Waals surface area contributed by atoms with Crippen molar-refractivity contribution in [3.63, 3.8) is 0 Å². The quantitative estimate of drug-likeness (QED) is 0.811. The van der Waals surface area contributed by atoms with E-state index in [1.807, 2.05) is 0 Å². The lowest BCUT2D eigenvalue weighted by atomic mass is 10.0. The third-order valence-corrected chi connectivity index (χ3v) is 3.39. The lowest BCUT2D eigenvalue weighted by Crippen LogP contribution is -2.42. The minimum Gasteiger partial charge on any atom is -0.273 e. The summed E-state index contributed by atoms with van der Waals surface area (Å²) >= 11 is 0. The fraction of sp³-hybridized carbons (Fsp3) is 0.467. The Balaban J connectivity index is 1.74. The summed E-state index contributed by atoms with van der Waals surface area (Å²) in [6.45, 7) is 4.10. The molecule has 0 atom stereocenters. The minimum atomic E-state index is -0.144. The molecule has 1 fully saturated rings. The molecule has 0 unspecified atom stereocenters. The maximum Gasteiger partial charge on any atom is 0.241 e. The number of carbonyl (C=O) groups is 2. The molecule has 4 nitrogen and oxygen atoms in total. The van der Waals surface area contributed by atoms with E-state index in [9.17, 15) is 9.59 Å². The van der Waals surface area contributed by atoms with Crippen LogP contribution in [-0.2, 0) is 16.0 Å². The molecule has 1 aliphatic carbocycles. The maximum absolute atomic E-state index is 11.6. The first-order valence-corrected chi connectivity index (χ1v) is 6.71. The van der Waals surface area contributed by atoms with Crippen LogP contribution in [0.3, 0.4) is 0 Å². The van der Waals surface area contributed by atoms with Crippen molar-refractivity contribution >= 4 is 11.8 Å². The van der Waals surface area contributed by atoms with Crippen LogP contribution in [0, 0.1) is 19.8 Å². The van der Waals surface area contributed by atoms with Crippen LogP contribution in [0.5, 0.6) is 0 Å². The standard InChI is InChI=1S/C15H20N2O2/c1-10-3-4-12(11(2)9-10)7-8-14(18)16-17-15(19)13-5-6-13/h3-4,9,13H,5-8H2,1-2H3,(H,16,18)(H,17,19). The monoisotopic (exact) mass is 260 g/mol. The molecule has 0 bridgehead atoms. The predicted octanol–water partition coefficient (Wildman–Crippen LogP) is 1.79. The van der Waals surface area contributed by atoms with Crippen molar-refractivity contribution < 1.29 is 9.59 Å². The van der Waals surface area contributed by atoms with Gasteiger partial charge in [0.05, 0.1) is 0 Å². The zero-order valence-corrected chi connectivity index (χ0v) is 11.5. The molecule has 0 heterocycles. The number of rotatable bonds is 4. The highest BCUT2D eigenvalue weighted by molar-refractivity contribution is 5.84. The number of nitrogens with one attached hydrogen (secondary N) is 2. The first-order valence-electron chi connectivity index (χ1n) is 6.71. The third-order valence-electron chi connectivity index (χ3n) is 3.39. The molecule has 1 aromatic rings. The Labute approximate surface area is 113 Å². The molecule has 0 aliphatic heterocycles. The lowest BCUT2D eigenvalue weighted by molar-refractivity contribution is -0.129. The number of hydrogen-bond donors (Lipinski definition) is 2. The number of carbonyl (C=O) groups excluding carboxylic acids is 2. The normalized spacial score (nSPS) is 14.0. The molecule has 4 heteroatoms. The largest absolute Gasteiger partial charge is 0.273 e. The summed E-state index contributed by atoms with van der Waals surface area (Å²) in [6.07, 6.45) is 2.95. The Bertz CT molecular complexity index is 493. The van der Waals surface area contributed by atoms with Crippen molar-refractivity contribution in [2.45, 2.75) is 39.5 Å². The van der Waals surface area contributed by atoms with E-state index in [-0.39, 0.29) is 17.7 Å². The second-order valence-electron chi connectivity index (χ2n) is 5.24. The van der Waals surface area contributed by atoms with E-state index in [0.717, 1.165) is 12.8 Å². The van der Waals surface area contributed by atoms with Gasteiger partial charge in [-0.2, -0.15) is 0 Å². The van der Waals surface area contributed by atoms with Crippen molar-refractivity contribution in [3.8, 4) is 0 Å². The molecule has 1 saturated carbocycles. The van der Waals surface area contributed by atoms with Gasteiger partial charge in [0.15, 0.2) is 0 Å². The van der Waals surface area contributed by atoms with E-state index in [1.54, 1.807) is 0 Å². The Morgan fingerprint density at radius 2 is 1.95 bits per heavy atom. The van der Waals surface area contributed by atoms with Gasteiger partial charge in [-0.1, -0.05) is 23.8 Å². The predicted molar refractivity (Wildman–Crippen MR) is 73.2 cm³/mol. The number of amides is 2. The SMILES string of the molecule is Cc1ccc(CCC(=O)NNC(=O)C2CC2)c(C)c1. The van der Waals surface area contributed by atoms with Crippen molar-refractivity contribution in [1.82, 2.24) is 10.9 Å². The van der Waals surface area contributed by atoms with Gasteiger partial charge in [0.25, 0.3) is 0 Å². The van der Waals surface area contributed by atoms with Gasteiger partial charge in [0, 0.05) is 12.3 Å². The van der Waals surface area contributed by atoms with Crippen LogP contribution < -0.4 is 10.9 Å². The zero-order valence-electron chi connectivity index (χ0n) is 11.5. The summed E-state index contributed by atoms with van der Waals surface area (Å²) in [4.78, 5) is 23.0. The highest BCUT2D eigenvalue weighted by Crippen LogP contribution is 2.28. The molecular formula is C15H20N2O2. The Hall–Kier alpha value is -1.84. The molecule has 0 aromatic heterocycles. The molecule has 0 spiro atoms. The number of hydrogen-bond acceptors (Lipinski definition) is 2. The first-order chi connectivity index (χ1) is 9.06. The van der Waals surface area contributed by atoms with Crippen LogP contribution in [0.2, 0.25) is 0 Å². The topological polar surface area (TPSA) is 58.2 Å². The van der Waals surface area contributed by atoms with Gasteiger partial charge in [-0.15, -0.1) is 0 Å². The van der Waals surface area contributed by atoms with E-state index < -0.39 is 0 Å².